The molecule has 120 valence electrons. The molecule has 0 aromatic heterocycles. The Balaban J connectivity index is 1.93. The predicted molar refractivity (Wildman–Crippen MR) is 100 cm³/mol. The first-order chi connectivity index (χ1) is 11.1. The molecule has 0 amide bonds. The summed E-state index contributed by atoms with van der Waals surface area (Å²) in [6.45, 7) is 2.20. The third kappa shape index (κ3) is 3.34. The van der Waals surface area contributed by atoms with Gasteiger partial charge >= 0.3 is 0 Å². The molecule has 1 aliphatic heterocycles. The summed E-state index contributed by atoms with van der Waals surface area (Å²) < 4.78 is 0. The van der Waals surface area contributed by atoms with Gasteiger partial charge in [-0.05, 0) is 54.9 Å². The fourth-order valence-electron chi connectivity index (χ4n) is 2.84. The Bertz CT molecular complexity index is 674. The highest BCUT2D eigenvalue weighted by Gasteiger charge is 2.41. The molecule has 1 fully saturated rings. The number of anilines is 1. The lowest BCUT2D eigenvalue weighted by Crippen LogP contribution is -2.48. The van der Waals surface area contributed by atoms with Crippen LogP contribution in [0, 0.1) is 0 Å². The number of thiocarbonyl (C=S) groups is 1. The molecule has 1 saturated heterocycles. The van der Waals surface area contributed by atoms with Crippen LogP contribution in [0.3, 0.4) is 0 Å². The average Bonchev–Trinajstić information content (AvgIpc) is 2.92. The van der Waals surface area contributed by atoms with Crippen molar-refractivity contribution in [3.8, 4) is 0 Å². The van der Waals surface area contributed by atoms with Crippen molar-refractivity contribution in [1.29, 1.82) is 0 Å². The average molecular weight is 346 g/mol. The van der Waals surface area contributed by atoms with E-state index in [1.165, 1.54) is 5.56 Å². The highest BCUT2D eigenvalue weighted by atomic mass is 35.5. The predicted octanol–water partition coefficient (Wildman–Crippen LogP) is 4.58. The van der Waals surface area contributed by atoms with Gasteiger partial charge in [0.25, 0.3) is 0 Å². The lowest BCUT2D eigenvalue weighted by Gasteiger charge is -2.30. The molecule has 1 atom stereocenters. The van der Waals surface area contributed by atoms with E-state index in [0.717, 1.165) is 24.9 Å². The minimum absolute atomic E-state index is 0.367. The maximum absolute atomic E-state index is 5.99. The Morgan fingerprint density at radius 3 is 2.43 bits per heavy atom. The van der Waals surface area contributed by atoms with Gasteiger partial charge in [-0.2, -0.15) is 5.43 Å². The minimum Gasteiger partial charge on any atom is -0.338 e. The summed E-state index contributed by atoms with van der Waals surface area (Å²) in [6, 6.07) is 18.1. The van der Waals surface area contributed by atoms with Gasteiger partial charge in [-0.15, -0.1) is 0 Å². The molecule has 0 spiro atoms. The first-order valence-corrected chi connectivity index (χ1v) is 8.64. The van der Waals surface area contributed by atoms with Gasteiger partial charge in [0.05, 0.1) is 5.69 Å². The molecule has 0 bridgehead atoms. The number of nitrogens with one attached hydrogen (secondary N) is 2. The Morgan fingerprint density at radius 1 is 1.09 bits per heavy atom. The van der Waals surface area contributed by atoms with Gasteiger partial charge in [0.15, 0.2) is 5.11 Å². The van der Waals surface area contributed by atoms with Crippen molar-refractivity contribution in [1.82, 2.24) is 10.7 Å². The first kappa shape index (κ1) is 16.2. The topological polar surface area (TPSA) is 27.3 Å². The van der Waals surface area contributed by atoms with E-state index in [0.29, 0.717) is 10.1 Å². The molecule has 3 rings (SSSR count). The van der Waals surface area contributed by atoms with Crippen LogP contribution in [0.2, 0.25) is 5.02 Å². The summed E-state index contributed by atoms with van der Waals surface area (Å²) in [5.41, 5.74) is 5.37. The number of hydrogen-bond donors (Lipinski definition) is 2. The minimum atomic E-state index is -0.367. The van der Waals surface area contributed by atoms with Crippen molar-refractivity contribution in [2.45, 2.75) is 31.8 Å². The van der Waals surface area contributed by atoms with Crippen molar-refractivity contribution in [3.63, 3.8) is 0 Å². The van der Waals surface area contributed by atoms with Crippen LogP contribution in [0.5, 0.6) is 0 Å². The number of nitrogens with zero attached hydrogens (tertiary/aromatic N) is 1. The van der Waals surface area contributed by atoms with Gasteiger partial charge in [0, 0.05) is 5.02 Å². The Labute approximate surface area is 147 Å². The molecule has 2 aromatic carbocycles. The summed E-state index contributed by atoms with van der Waals surface area (Å²) in [6.07, 6.45) is 3.19. The smallest absolute Gasteiger partial charge is 0.190 e. The second-order valence-electron chi connectivity index (χ2n) is 5.73. The Kier molecular flexibility index (Phi) is 4.85. The number of hydrazine groups is 1. The van der Waals surface area contributed by atoms with E-state index in [9.17, 15) is 0 Å². The Hall–Kier alpha value is -1.62. The van der Waals surface area contributed by atoms with Crippen molar-refractivity contribution < 1.29 is 0 Å². The van der Waals surface area contributed by atoms with Gasteiger partial charge in [-0.25, -0.2) is 5.01 Å². The molecule has 2 aromatic rings. The molecule has 23 heavy (non-hydrogen) atoms. The monoisotopic (exact) mass is 345 g/mol. The molecule has 0 saturated carbocycles. The second-order valence-corrected chi connectivity index (χ2v) is 6.55. The van der Waals surface area contributed by atoms with Crippen LogP contribution in [-0.2, 0) is 5.66 Å². The molecule has 0 aliphatic carbocycles. The van der Waals surface area contributed by atoms with Crippen LogP contribution in [0.1, 0.15) is 31.7 Å². The largest absolute Gasteiger partial charge is 0.338 e. The summed E-state index contributed by atoms with van der Waals surface area (Å²) in [5, 5.41) is 6.81. The molecule has 1 aliphatic rings. The molecule has 2 N–H and O–H groups in total. The summed E-state index contributed by atoms with van der Waals surface area (Å²) in [5.74, 6) is 0. The van der Waals surface area contributed by atoms with E-state index in [1.54, 1.807) is 0 Å². The van der Waals surface area contributed by atoms with Crippen LogP contribution >= 0.6 is 23.8 Å². The first-order valence-electron chi connectivity index (χ1n) is 7.86. The van der Waals surface area contributed by atoms with Crippen molar-refractivity contribution in [3.05, 3.63) is 65.2 Å². The number of benzene rings is 2. The highest BCUT2D eigenvalue weighted by molar-refractivity contribution is 7.80. The SMILES string of the molecule is CCCC[C@@]1(c2ccccc2)NC(=S)N(c2ccc(Cl)cc2)N1. The van der Waals surface area contributed by atoms with E-state index in [-0.39, 0.29) is 5.66 Å². The summed E-state index contributed by atoms with van der Waals surface area (Å²) in [4.78, 5) is 0. The van der Waals surface area contributed by atoms with Gasteiger partial charge in [0.2, 0.25) is 0 Å². The lowest BCUT2D eigenvalue weighted by molar-refractivity contribution is 0.313. The van der Waals surface area contributed by atoms with Crippen LogP contribution in [0.15, 0.2) is 54.6 Å². The number of hydrogen-bond acceptors (Lipinski definition) is 2. The molecule has 0 radical (unpaired) electrons. The molecule has 1 heterocycles. The Morgan fingerprint density at radius 2 is 1.78 bits per heavy atom. The maximum atomic E-state index is 5.99. The molecule has 5 heteroatoms. The number of unbranched alkanes of at least 4 members (excludes halogenated alkanes) is 1. The van der Waals surface area contributed by atoms with E-state index in [1.807, 2.05) is 35.3 Å². The van der Waals surface area contributed by atoms with Crippen molar-refractivity contribution in [2.75, 3.05) is 5.01 Å². The summed E-state index contributed by atoms with van der Waals surface area (Å²) >= 11 is 11.6. The van der Waals surface area contributed by atoms with Gasteiger partial charge in [0.1, 0.15) is 5.66 Å². The third-order valence-corrected chi connectivity index (χ3v) is 4.62. The van der Waals surface area contributed by atoms with Crippen LogP contribution in [0.25, 0.3) is 0 Å². The number of rotatable bonds is 5. The normalized spacial score (nSPS) is 20.6. The standard InChI is InChI=1S/C18H20ClN3S/c1-2-3-13-18(14-7-5-4-6-8-14)20-17(23)22(21-18)16-11-9-15(19)10-12-16/h4-12,21H,2-3,13H2,1H3,(H,20,23)/t18-/m1/s1. The molecule has 3 nitrogen and oxygen atoms in total. The zero-order chi connectivity index (χ0) is 16.3. The van der Waals surface area contributed by atoms with Gasteiger partial charge in [-0.1, -0.05) is 55.3 Å². The zero-order valence-electron chi connectivity index (χ0n) is 13.1. The van der Waals surface area contributed by atoms with E-state index < -0.39 is 0 Å². The quantitative estimate of drug-likeness (QED) is 0.775. The fraction of sp³-hybridized carbons (Fsp3) is 0.278. The molecular formula is C18H20ClN3S. The second kappa shape index (κ2) is 6.87. The molecule has 0 unspecified atom stereocenters. The van der Waals surface area contributed by atoms with E-state index >= 15 is 0 Å². The van der Waals surface area contributed by atoms with E-state index in [2.05, 4.69) is 41.9 Å². The third-order valence-electron chi connectivity index (χ3n) is 4.08. The van der Waals surface area contributed by atoms with E-state index in [4.69, 9.17) is 23.8 Å². The van der Waals surface area contributed by atoms with Crippen LogP contribution in [0.4, 0.5) is 5.69 Å². The highest BCUT2D eigenvalue weighted by Crippen LogP contribution is 2.31. The fourth-order valence-corrected chi connectivity index (χ4v) is 3.30. The molecular weight excluding hydrogens is 326 g/mol. The van der Waals surface area contributed by atoms with Gasteiger partial charge < -0.3 is 5.32 Å². The maximum Gasteiger partial charge on any atom is 0.190 e. The van der Waals surface area contributed by atoms with Crippen molar-refractivity contribution >= 4 is 34.6 Å². The van der Waals surface area contributed by atoms with Crippen LogP contribution in [-0.4, -0.2) is 5.11 Å². The summed E-state index contributed by atoms with van der Waals surface area (Å²) in [7, 11) is 0. The van der Waals surface area contributed by atoms with Crippen LogP contribution < -0.4 is 15.8 Å². The lowest BCUT2D eigenvalue weighted by atomic mass is 9.94. The number of halogens is 1. The zero-order valence-corrected chi connectivity index (χ0v) is 14.6. The van der Waals surface area contributed by atoms with Gasteiger partial charge in [-0.3, -0.25) is 0 Å². The van der Waals surface area contributed by atoms with Crippen molar-refractivity contribution in [2.24, 2.45) is 0 Å².